The Morgan fingerprint density at radius 3 is 2.79 bits per heavy atom. The molecule has 152 valence electrons. The Kier molecular flexibility index (Phi) is 6.03. The van der Waals surface area contributed by atoms with Crippen molar-refractivity contribution >= 4 is 39.0 Å². The van der Waals surface area contributed by atoms with Crippen molar-refractivity contribution in [3.8, 4) is 17.4 Å². The standard InChI is InChI=1S/C19H21N5O4S/c1-9-7-12(28-10(9)2)13-11(8-20)18(23-3-5-27-6-4-25)24-19-14(13)15(21)16(29-19)17(22)26/h7,25H,3-6,21H2,1-2H3,(H2,22,26)(H,23,24). The number of aryl methyl sites for hydroxylation is 2. The number of pyridine rings is 1. The Bertz CT molecular complexity index is 1090. The van der Waals surface area contributed by atoms with Gasteiger partial charge in [-0.2, -0.15) is 5.26 Å². The third-order valence-electron chi connectivity index (χ3n) is 4.40. The Labute approximate surface area is 170 Å². The van der Waals surface area contributed by atoms with Crippen molar-refractivity contribution < 1.29 is 19.1 Å². The number of thiophene rings is 1. The van der Waals surface area contributed by atoms with E-state index < -0.39 is 5.91 Å². The zero-order chi connectivity index (χ0) is 21.1. The minimum absolute atomic E-state index is 0.0701. The van der Waals surface area contributed by atoms with Crippen molar-refractivity contribution in [2.75, 3.05) is 37.4 Å². The smallest absolute Gasteiger partial charge is 0.260 e. The molecule has 0 atom stereocenters. The maximum Gasteiger partial charge on any atom is 0.260 e. The van der Waals surface area contributed by atoms with Crippen LogP contribution in [0.15, 0.2) is 10.5 Å². The van der Waals surface area contributed by atoms with Crippen molar-refractivity contribution in [1.29, 1.82) is 5.26 Å². The fourth-order valence-corrected chi connectivity index (χ4v) is 3.88. The number of nitrogen functional groups attached to an aromatic ring is 1. The van der Waals surface area contributed by atoms with Crippen LogP contribution in [0.4, 0.5) is 11.5 Å². The van der Waals surface area contributed by atoms with Crippen LogP contribution in [-0.2, 0) is 4.74 Å². The van der Waals surface area contributed by atoms with Gasteiger partial charge in [0.25, 0.3) is 5.91 Å². The number of aromatic nitrogens is 1. The Balaban J connectivity index is 2.20. The molecule has 0 saturated carbocycles. The number of primary amides is 1. The van der Waals surface area contributed by atoms with Crippen molar-refractivity contribution in [2.24, 2.45) is 5.73 Å². The van der Waals surface area contributed by atoms with Crippen LogP contribution in [0.25, 0.3) is 21.5 Å². The summed E-state index contributed by atoms with van der Waals surface area (Å²) in [6.45, 7) is 4.56. The molecule has 6 N–H and O–H groups in total. The highest BCUT2D eigenvalue weighted by Crippen LogP contribution is 2.43. The number of hydrogen-bond acceptors (Lipinski definition) is 9. The molecule has 0 aliphatic carbocycles. The Morgan fingerprint density at radius 1 is 1.45 bits per heavy atom. The van der Waals surface area contributed by atoms with Crippen LogP contribution < -0.4 is 16.8 Å². The summed E-state index contributed by atoms with van der Waals surface area (Å²) in [7, 11) is 0. The molecule has 3 aromatic rings. The van der Waals surface area contributed by atoms with Gasteiger partial charge in [-0.15, -0.1) is 11.3 Å². The van der Waals surface area contributed by atoms with Crippen molar-refractivity contribution in [2.45, 2.75) is 13.8 Å². The van der Waals surface area contributed by atoms with Gasteiger partial charge in [0.2, 0.25) is 0 Å². The van der Waals surface area contributed by atoms with Crippen LogP contribution in [0.3, 0.4) is 0 Å². The first-order valence-electron chi connectivity index (χ1n) is 8.84. The molecule has 0 saturated heterocycles. The molecule has 0 radical (unpaired) electrons. The summed E-state index contributed by atoms with van der Waals surface area (Å²) in [5.74, 6) is 0.842. The molecule has 3 aromatic heterocycles. The second-order valence-corrected chi connectivity index (χ2v) is 7.32. The zero-order valence-electron chi connectivity index (χ0n) is 16.0. The normalized spacial score (nSPS) is 11.0. The number of furan rings is 1. The molecule has 1 amide bonds. The lowest BCUT2D eigenvalue weighted by Gasteiger charge is -2.12. The van der Waals surface area contributed by atoms with Gasteiger partial charge in [-0.25, -0.2) is 4.98 Å². The minimum atomic E-state index is -0.659. The summed E-state index contributed by atoms with van der Waals surface area (Å²) in [6, 6.07) is 3.99. The summed E-state index contributed by atoms with van der Waals surface area (Å²) in [5, 5.41) is 22.2. The van der Waals surface area contributed by atoms with E-state index in [1.807, 2.05) is 19.9 Å². The van der Waals surface area contributed by atoms with E-state index >= 15 is 0 Å². The molecule has 0 bridgehead atoms. The second-order valence-electron chi connectivity index (χ2n) is 6.32. The first kappa shape index (κ1) is 20.6. The van der Waals surface area contributed by atoms with E-state index in [9.17, 15) is 10.1 Å². The molecule has 0 aromatic carbocycles. The molecule has 0 fully saturated rings. The number of nitriles is 1. The lowest BCUT2D eigenvalue weighted by Crippen LogP contribution is -2.13. The number of amides is 1. The number of anilines is 2. The first-order valence-corrected chi connectivity index (χ1v) is 9.66. The van der Waals surface area contributed by atoms with Crippen molar-refractivity contribution in [3.05, 3.63) is 27.8 Å². The van der Waals surface area contributed by atoms with Crippen LogP contribution in [-0.4, -0.2) is 42.4 Å². The van der Waals surface area contributed by atoms with Gasteiger partial charge in [-0.3, -0.25) is 4.79 Å². The van der Waals surface area contributed by atoms with E-state index in [0.717, 1.165) is 16.9 Å². The molecule has 9 nitrogen and oxygen atoms in total. The van der Waals surface area contributed by atoms with E-state index in [1.54, 1.807) is 0 Å². The molecule has 0 spiro atoms. The summed E-state index contributed by atoms with van der Waals surface area (Å²) < 4.78 is 11.1. The van der Waals surface area contributed by atoms with Gasteiger partial charge in [0.1, 0.15) is 38.7 Å². The maximum absolute atomic E-state index is 11.8. The molecular weight excluding hydrogens is 394 g/mol. The van der Waals surface area contributed by atoms with Gasteiger partial charge in [0, 0.05) is 11.9 Å². The SMILES string of the molecule is Cc1cc(-c2c(C#N)c(NCCOCCO)nc3sc(C(N)=O)c(N)c23)oc1C. The number of rotatable bonds is 8. The number of hydrogen-bond donors (Lipinski definition) is 4. The third-order valence-corrected chi connectivity index (χ3v) is 5.51. The minimum Gasteiger partial charge on any atom is -0.461 e. The first-order chi connectivity index (χ1) is 13.9. The van der Waals surface area contributed by atoms with Crippen LogP contribution in [0, 0.1) is 25.2 Å². The molecule has 10 heteroatoms. The largest absolute Gasteiger partial charge is 0.461 e. The molecule has 3 rings (SSSR count). The van der Waals surface area contributed by atoms with E-state index in [0.29, 0.717) is 46.3 Å². The number of nitrogens with two attached hydrogens (primary N) is 2. The van der Waals surface area contributed by atoms with Crippen molar-refractivity contribution in [3.63, 3.8) is 0 Å². The number of ether oxygens (including phenoxy) is 1. The predicted octanol–water partition coefficient (Wildman–Crippen LogP) is 2.15. The highest BCUT2D eigenvalue weighted by molar-refractivity contribution is 7.21. The van der Waals surface area contributed by atoms with Gasteiger partial charge in [-0.05, 0) is 25.5 Å². The van der Waals surface area contributed by atoms with E-state index in [2.05, 4.69) is 16.4 Å². The average Bonchev–Trinajstić information content (AvgIpc) is 3.19. The van der Waals surface area contributed by atoms with E-state index in [4.69, 9.17) is 25.7 Å². The van der Waals surface area contributed by atoms with Crippen LogP contribution >= 0.6 is 11.3 Å². The summed E-state index contributed by atoms with van der Waals surface area (Å²) in [5.41, 5.74) is 13.5. The Hall–Kier alpha value is -3.13. The third kappa shape index (κ3) is 3.88. The van der Waals surface area contributed by atoms with E-state index in [1.165, 1.54) is 0 Å². The molecule has 3 heterocycles. The van der Waals surface area contributed by atoms with Gasteiger partial charge >= 0.3 is 0 Å². The highest BCUT2D eigenvalue weighted by atomic mass is 32.1. The fourth-order valence-electron chi connectivity index (χ4n) is 2.92. The maximum atomic E-state index is 11.8. The fraction of sp³-hybridized carbons (Fsp3) is 0.316. The second kappa shape index (κ2) is 8.48. The summed E-state index contributed by atoms with van der Waals surface area (Å²) in [4.78, 5) is 16.9. The molecule has 29 heavy (non-hydrogen) atoms. The average molecular weight is 415 g/mol. The lowest BCUT2D eigenvalue weighted by atomic mass is 10.0. The lowest BCUT2D eigenvalue weighted by molar-refractivity contribution is 0.0992. The van der Waals surface area contributed by atoms with Crippen LogP contribution in [0.1, 0.15) is 26.6 Å². The quantitative estimate of drug-likeness (QED) is 0.407. The topological polar surface area (TPSA) is 160 Å². The summed E-state index contributed by atoms with van der Waals surface area (Å²) >= 11 is 1.07. The monoisotopic (exact) mass is 415 g/mol. The number of carbonyl (C=O) groups excluding carboxylic acids is 1. The predicted molar refractivity (Wildman–Crippen MR) is 111 cm³/mol. The molecule has 0 unspecified atom stereocenters. The van der Waals surface area contributed by atoms with Gasteiger partial charge in [0.15, 0.2) is 0 Å². The number of aliphatic hydroxyl groups excluding tert-OH is 1. The number of nitrogens with one attached hydrogen (secondary N) is 1. The summed E-state index contributed by atoms with van der Waals surface area (Å²) in [6.07, 6.45) is 0. The highest BCUT2D eigenvalue weighted by Gasteiger charge is 2.26. The molecule has 0 aliphatic heterocycles. The van der Waals surface area contributed by atoms with Gasteiger partial charge in [-0.1, -0.05) is 0 Å². The van der Waals surface area contributed by atoms with Crippen LogP contribution in [0.5, 0.6) is 0 Å². The molecule has 0 aliphatic rings. The Morgan fingerprint density at radius 2 is 2.21 bits per heavy atom. The number of carbonyl (C=O) groups is 1. The number of aliphatic hydroxyl groups is 1. The van der Waals surface area contributed by atoms with Gasteiger partial charge < -0.3 is 31.0 Å². The van der Waals surface area contributed by atoms with Crippen molar-refractivity contribution in [1.82, 2.24) is 4.98 Å². The number of fused-ring (bicyclic) bond motifs is 1. The number of nitrogens with zero attached hydrogens (tertiary/aromatic N) is 2. The molecular formula is C19H21N5O4S. The van der Waals surface area contributed by atoms with E-state index in [-0.39, 0.29) is 29.3 Å². The van der Waals surface area contributed by atoms with Gasteiger partial charge in [0.05, 0.1) is 31.1 Å². The zero-order valence-corrected chi connectivity index (χ0v) is 16.9. The van der Waals surface area contributed by atoms with Crippen LogP contribution in [0.2, 0.25) is 0 Å².